The van der Waals surface area contributed by atoms with Crippen LogP contribution < -0.4 is 4.90 Å². The van der Waals surface area contributed by atoms with Gasteiger partial charge in [0.1, 0.15) is 0 Å². The van der Waals surface area contributed by atoms with Gasteiger partial charge in [-0.25, -0.2) is 0 Å². The SMILES string of the molecule is CC.CC.O=C1c2ccccc2C(=O)N1CCCCN1CCN(c2ccccc2)CC1.[V]. The van der Waals surface area contributed by atoms with Crippen LogP contribution in [0.15, 0.2) is 54.6 Å². The van der Waals surface area contributed by atoms with Crippen molar-refractivity contribution in [1.82, 2.24) is 9.80 Å². The maximum absolute atomic E-state index is 12.4. The summed E-state index contributed by atoms with van der Waals surface area (Å²) in [6.45, 7) is 13.7. The molecule has 2 aliphatic rings. The van der Waals surface area contributed by atoms with E-state index < -0.39 is 0 Å². The van der Waals surface area contributed by atoms with Crippen LogP contribution in [0.1, 0.15) is 61.3 Å². The molecule has 2 aromatic carbocycles. The van der Waals surface area contributed by atoms with Gasteiger partial charge in [-0.15, -0.1) is 0 Å². The summed E-state index contributed by atoms with van der Waals surface area (Å²) in [5.74, 6) is -0.292. The molecule has 0 N–H and O–H groups in total. The van der Waals surface area contributed by atoms with E-state index >= 15 is 0 Å². The average molecular weight is 475 g/mol. The summed E-state index contributed by atoms with van der Waals surface area (Å²) in [5.41, 5.74) is 2.38. The van der Waals surface area contributed by atoms with Gasteiger partial charge in [0.2, 0.25) is 0 Å². The minimum atomic E-state index is -0.146. The summed E-state index contributed by atoms with van der Waals surface area (Å²) < 4.78 is 0. The molecule has 2 amide bonds. The number of carbonyl (C=O) groups excluding carboxylic acids is 2. The zero-order chi connectivity index (χ0) is 22.6. The van der Waals surface area contributed by atoms with Gasteiger partial charge < -0.3 is 4.90 Å². The summed E-state index contributed by atoms with van der Waals surface area (Å²) in [7, 11) is 0. The Morgan fingerprint density at radius 1 is 0.656 bits per heavy atom. The molecular weight excluding hydrogens is 437 g/mol. The topological polar surface area (TPSA) is 43.9 Å². The Balaban J connectivity index is 0.000000971. The van der Waals surface area contributed by atoms with Gasteiger partial charge in [-0.1, -0.05) is 58.0 Å². The second kappa shape index (κ2) is 14.9. The number of para-hydroxylation sites is 1. The number of fused-ring (bicyclic) bond motifs is 1. The minimum Gasteiger partial charge on any atom is -0.369 e. The number of benzene rings is 2. The molecule has 4 rings (SSSR count). The largest absolute Gasteiger partial charge is 0.369 e. The molecule has 0 saturated carbocycles. The molecule has 0 bridgehead atoms. The first kappa shape index (κ1) is 28.0. The minimum absolute atomic E-state index is 0. The fourth-order valence-corrected chi connectivity index (χ4v) is 3.92. The van der Waals surface area contributed by atoms with Gasteiger partial charge in [-0.3, -0.25) is 19.4 Å². The van der Waals surface area contributed by atoms with Crippen molar-refractivity contribution in [2.75, 3.05) is 44.2 Å². The van der Waals surface area contributed by atoms with Crippen LogP contribution >= 0.6 is 0 Å². The first-order valence-electron chi connectivity index (χ1n) is 11.7. The molecule has 2 aliphatic heterocycles. The molecule has 0 unspecified atom stereocenters. The summed E-state index contributed by atoms with van der Waals surface area (Å²) in [4.78, 5) is 31.0. The van der Waals surface area contributed by atoms with E-state index in [-0.39, 0.29) is 30.4 Å². The van der Waals surface area contributed by atoms with E-state index in [1.54, 1.807) is 12.1 Å². The first-order valence-corrected chi connectivity index (χ1v) is 11.7. The van der Waals surface area contributed by atoms with Crippen molar-refractivity contribution in [1.29, 1.82) is 0 Å². The Labute approximate surface area is 205 Å². The maximum Gasteiger partial charge on any atom is 0.261 e. The van der Waals surface area contributed by atoms with Gasteiger partial charge in [0, 0.05) is 57.0 Å². The van der Waals surface area contributed by atoms with Crippen LogP contribution in [0.3, 0.4) is 0 Å². The van der Waals surface area contributed by atoms with Gasteiger partial charge in [0.25, 0.3) is 11.8 Å². The van der Waals surface area contributed by atoms with E-state index in [4.69, 9.17) is 0 Å². The third-order valence-corrected chi connectivity index (χ3v) is 5.48. The van der Waals surface area contributed by atoms with Gasteiger partial charge >= 0.3 is 0 Å². The Bertz CT molecular complexity index is 786. The predicted octanol–water partition coefficient (Wildman–Crippen LogP) is 4.93. The third kappa shape index (κ3) is 6.96. The maximum atomic E-state index is 12.4. The van der Waals surface area contributed by atoms with Crippen LogP contribution in [0.25, 0.3) is 0 Å². The van der Waals surface area contributed by atoms with Crippen LogP contribution in [0, 0.1) is 0 Å². The van der Waals surface area contributed by atoms with Crippen molar-refractivity contribution < 1.29 is 28.1 Å². The van der Waals surface area contributed by atoms with Crippen LogP contribution in [-0.2, 0) is 18.6 Å². The molecule has 0 aromatic heterocycles. The van der Waals surface area contributed by atoms with E-state index in [0.717, 1.165) is 45.6 Å². The summed E-state index contributed by atoms with van der Waals surface area (Å²) >= 11 is 0. The van der Waals surface area contributed by atoms with Crippen LogP contribution in [0.2, 0.25) is 0 Å². The van der Waals surface area contributed by atoms with Gasteiger partial charge in [-0.2, -0.15) is 0 Å². The number of carbonyl (C=O) groups is 2. The normalized spacial score (nSPS) is 15.1. The molecule has 0 aliphatic carbocycles. The summed E-state index contributed by atoms with van der Waals surface area (Å²) in [6.07, 6.45) is 1.85. The molecule has 173 valence electrons. The molecule has 1 saturated heterocycles. The molecule has 32 heavy (non-hydrogen) atoms. The fraction of sp³-hybridized carbons (Fsp3) is 0.462. The number of unbranched alkanes of at least 4 members (excludes halogenated alkanes) is 1. The van der Waals surface area contributed by atoms with Gasteiger partial charge in [0.15, 0.2) is 0 Å². The quantitative estimate of drug-likeness (QED) is 0.440. The zero-order valence-corrected chi connectivity index (χ0v) is 21.4. The molecule has 2 aromatic rings. The number of imide groups is 1. The standard InChI is InChI=1S/C22H25N3O2.2C2H6.V/c26-21-19-10-4-5-11-20(19)22(27)25(21)13-7-6-12-23-14-16-24(17-15-23)18-8-2-1-3-9-18;2*1-2;/h1-5,8-11H,6-7,12-17H2;2*1-2H3;. The van der Waals surface area contributed by atoms with Crippen LogP contribution in [0.4, 0.5) is 5.69 Å². The number of anilines is 1. The second-order valence-electron chi connectivity index (χ2n) is 7.18. The molecule has 6 heteroatoms. The number of hydrogen-bond acceptors (Lipinski definition) is 4. The van der Waals surface area contributed by atoms with E-state index in [1.807, 2.05) is 45.9 Å². The molecule has 2 heterocycles. The smallest absolute Gasteiger partial charge is 0.261 e. The van der Waals surface area contributed by atoms with Gasteiger partial charge in [0.05, 0.1) is 11.1 Å². The molecule has 0 spiro atoms. The van der Waals surface area contributed by atoms with Crippen molar-refractivity contribution in [3.63, 3.8) is 0 Å². The first-order chi connectivity index (χ1) is 15.2. The number of amides is 2. The Kier molecular flexibility index (Phi) is 13.0. The molecule has 1 fully saturated rings. The number of piperazine rings is 1. The van der Waals surface area contributed by atoms with E-state index in [2.05, 4.69) is 34.1 Å². The van der Waals surface area contributed by atoms with E-state index in [1.165, 1.54) is 10.6 Å². The third-order valence-electron chi connectivity index (χ3n) is 5.48. The summed E-state index contributed by atoms with van der Waals surface area (Å²) in [5, 5.41) is 0. The molecule has 1 radical (unpaired) electrons. The van der Waals surface area contributed by atoms with Crippen LogP contribution in [-0.4, -0.2) is 60.9 Å². The van der Waals surface area contributed by atoms with E-state index in [9.17, 15) is 9.59 Å². The Morgan fingerprint density at radius 2 is 1.12 bits per heavy atom. The number of nitrogens with zero attached hydrogens (tertiary/aromatic N) is 3. The van der Waals surface area contributed by atoms with Crippen molar-refractivity contribution in [2.45, 2.75) is 40.5 Å². The van der Waals surface area contributed by atoms with Crippen molar-refractivity contribution in [3.8, 4) is 0 Å². The monoisotopic (exact) mass is 474 g/mol. The zero-order valence-electron chi connectivity index (χ0n) is 20.0. The van der Waals surface area contributed by atoms with E-state index in [0.29, 0.717) is 17.7 Å². The summed E-state index contributed by atoms with van der Waals surface area (Å²) in [6, 6.07) is 17.6. The number of hydrogen-bond donors (Lipinski definition) is 0. The molecular formula is C26H37N3O2V. The van der Waals surface area contributed by atoms with Crippen LogP contribution in [0.5, 0.6) is 0 Å². The Hall–Kier alpha value is -2.08. The van der Waals surface area contributed by atoms with Crippen molar-refractivity contribution >= 4 is 17.5 Å². The predicted molar refractivity (Wildman–Crippen MR) is 129 cm³/mol. The average Bonchev–Trinajstić information content (AvgIpc) is 3.10. The molecule has 5 nitrogen and oxygen atoms in total. The van der Waals surface area contributed by atoms with Crippen molar-refractivity contribution in [3.05, 3.63) is 65.7 Å². The van der Waals surface area contributed by atoms with Crippen molar-refractivity contribution in [2.24, 2.45) is 0 Å². The van der Waals surface area contributed by atoms with Gasteiger partial charge in [-0.05, 0) is 43.7 Å². The Morgan fingerprint density at radius 3 is 1.66 bits per heavy atom. The second-order valence-corrected chi connectivity index (χ2v) is 7.18. The fourth-order valence-electron chi connectivity index (χ4n) is 3.92. The number of rotatable bonds is 6. The molecule has 0 atom stereocenters.